The molecule has 5 heteroatoms. The maximum Gasteiger partial charge on any atom is 0.248 e. The van der Waals surface area contributed by atoms with Gasteiger partial charge in [0, 0.05) is 38.7 Å². The van der Waals surface area contributed by atoms with Gasteiger partial charge in [0.2, 0.25) is 5.91 Å². The summed E-state index contributed by atoms with van der Waals surface area (Å²) in [6.45, 7) is 0.642. The fourth-order valence-corrected chi connectivity index (χ4v) is 2.94. The van der Waals surface area contributed by atoms with Gasteiger partial charge in [-0.2, -0.15) is 0 Å². The molecule has 0 aliphatic heterocycles. The number of primary amides is 1. The van der Waals surface area contributed by atoms with Gasteiger partial charge in [-0.25, -0.2) is 0 Å². The van der Waals surface area contributed by atoms with E-state index in [4.69, 9.17) is 17.3 Å². The van der Waals surface area contributed by atoms with Crippen LogP contribution in [0, 0.1) is 0 Å². The Kier molecular flexibility index (Phi) is 3.74. The maximum absolute atomic E-state index is 11.1. The van der Waals surface area contributed by atoms with Crippen molar-refractivity contribution >= 4 is 44.3 Å². The monoisotopic (exact) mass is 362 g/mol. The van der Waals surface area contributed by atoms with Crippen LogP contribution < -0.4 is 5.73 Å². The van der Waals surface area contributed by atoms with Gasteiger partial charge in [0.15, 0.2) is 0 Å². The Morgan fingerprint density at radius 2 is 2.00 bits per heavy atom. The molecule has 0 unspecified atom stereocenters. The number of nitrogens with two attached hydrogens (primary N) is 1. The van der Waals surface area contributed by atoms with Gasteiger partial charge in [-0.1, -0.05) is 33.6 Å². The van der Waals surface area contributed by atoms with Gasteiger partial charge >= 0.3 is 0 Å². The topological polar surface area (TPSA) is 48.0 Å². The van der Waals surface area contributed by atoms with E-state index in [2.05, 4.69) is 38.7 Å². The van der Waals surface area contributed by atoms with Crippen molar-refractivity contribution < 1.29 is 4.79 Å². The summed E-state index contributed by atoms with van der Waals surface area (Å²) >= 11 is 9.71. The third-order valence-electron chi connectivity index (χ3n) is 3.41. The highest BCUT2D eigenvalue weighted by molar-refractivity contribution is 9.10. The van der Waals surface area contributed by atoms with Crippen molar-refractivity contribution in [1.82, 2.24) is 4.57 Å². The van der Waals surface area contributed by atoms with E-state index in [1.165, 1.54) is 0 Å². The molecule has 106 valence electrons. The van der Waals surface area contributed by atoms with Gasteiger partial charge in [0.25, 0.3) is 0 Å². The van der Waals surface area contributed by atoms with Crippen molar-refractivity contribution in [2.45, 2.75) is 6.54 Å². The fourth-order valence-electron chi connectivity index (χ4n) is 2.32. The van der Waals surface area contributed by atoms with Gasteiger partial charge in [-0.3, -0.25) is 4.79 Å². The molecule has 1 aromatic heterocycles. The Labute approximate surface area is 135 Å². The Hall–Kier alpha value is -1.78. The molecule has 0 saturated carbocycles. The molecule has 2 N–H and O–H groups in total. The summed E-state index contributed by atoms with van der Waals surface area (Å²) in [5.74, 6) is -0.472. The molecule has 0 aliphatic carbocycles. The average molecular weight is 364 g/mol. The number of fused-ring (bicyclic) bond motifs is 1. The lowest BCUT2D eigenvalue weighted by Gasteiger charge is -2.09. The molecule has 0 spiro atoms. The summed E-state index contributed by atoms with van der Waals surface area (Å²) in [4.78, 5) is 11.1. The van der Waals surface area contributed by atoms with Crippen molar-refractivity contribution in [1.29, 1.82) is 0 Å². The number of benzene rings is 2. The SMILES string of the molecule is NC(=O)c1ccc(Cn2ccc3cc(Br)ccc32)c(Cl)c1. The highest BCUT2D eigenvalue weighted by Crippen LogP contribution is 2.24. The first-order valence-electron chi connectivity index (χ1n) is 6.37. The van der Waals surface area contributed by atoms with Gasteiger partial charge in [0.05, 0.1) is 0 Å². The molecule has 0 atom stereocenters. The Bertz CT molecular complexity index is 841. The van der Waals surface area contributed by atoms with Crippen molar-refractivity contribution in [3.05, 3.63) is 69.3 Å². The summed E-state index contributed by atoms with van der Waals surface area (Å²) in [6, 6.07) is 13.4. The van der Waals surface area contributed by atoms with E-state index in [1.54, 1.807) is 12.1 Å². The zero-order valence-corrected chi connectivity index (χ0v) is 13.4. The molecule has 0 saturated heterocycles. The molecule has 0 bridgehead atoms. The Morgan fingerprint density at radius 3 is 2.71 bits per heavy atom. The van der Waals surface area contributed by atoms with Crippen LogP contribution in [0.4, 0.5) is 0 Å². The lowest BCUT2D eigenvalue weighted by Crippen LogP contribution is -2.11. The van der Waals surface area contributed by atoms with Crippen LogP contribution in [0.25, 0.3) is 10.9 Å². The van der Waals surface area contributed by atoms with Crippen LogP contribution in [0.3, 0.4) is 0 Å². The average Bonchev–Trinajstić information content (AvgIpc) is 2.83. The van der Waals surface area contributed by atoms with E-state index < -0.39 is 5.91 Å². The minimum atomic E-state index is -0.472. The first kappa shape index (κ1) is 14.2. The molecule has 3 nitrogen and oxygen atoms in total. The van der Waals surface area contributed by atoms with Gasteiger partial charge < -0.3 is 10.3 Å². The fraction of sp³-hybridized carbons (Fsp3) is 0.0625. The van der Waals surface area contributed by atoms with Crippen molar-refractivity contribution in [2.75, 3.05) is 0 Å². The van der Waals surface area contributed by atoms with Crippen LogP contribution in [0.15, 0.2) is 53.1 Å². The van der Waals surface area contributed by atoms with Crippen LogP contribution in [-0.2, 0) is 6.54 Å². The second-order valence-corrected chi connectivity index (χ2v) is 6.14. The number of carbonyl (C=O) groups excluding carboxylic acids is 1. The molecule has 3 aromatic rings. The number of rotatable bonds is 3. The molecule has 1 heterocycles. The molecule has 1 amide bonds. The number of carbonyl (C=O) groups is 1. The third-order valence-corrected chi connectivity index (χ3v) is 4.26. The maximum atomic E-state index is 11.1. The number of hydrogen-bond donors (Lipinski definition) is 1. The first-order valence-corrected chi connectivity index (χ1v) is 7.54. The highest BCUT2D eigenvalue weighted by atomic mass is 79.9. The van der Waals surface area contributed by atoms with Crippen LogP contribution >= 0.6 is 27.5 Å². The van der Waals surface area contributed by atoms with E-state index in [9.17, 15) is 4.79 Å². The van der Waals surface area contributed by atoms with Crippen LogP contribution in [0.1, 0.15) is 15.9 Å². The standard InChI is InChI=1S/C16H12BrClN2O/c17-13-3-4-15-10(7-13)5-6-20(15)9-12-2-1-11(16(19)21)8-14(12)18/h1-8H,9H2,(H2,19,21). The van der Waals surface area contributed by atoms with Gasteiger partial charge in [-0.05, 0) is 42.0 Å². The smallest absolute Gasteiger partial charge is 0.248 e. The van der Waals surface area contributed by atoms with Crippen LogP contribution in [-0.4, -0.2) is 10.5 Å². The van der Waals surface area contributed by atoms with E-state index >= 15 is 0 Å². The van der Waals surface area contributed by atoms with Crippen molar-refractivity contribution in [2.24, 2.45) is 5.73 Å². The number of halogens is 2. The quantitative estimate of drug-likeness (QED) is 0.744. The van der Waals surface area contributed by atoms with E-state index in [-0.39, 0.29) is 0 Å². The lowest BCUT2D eigenvalue weighted by molar-refractivity contribution is 0.100. The second kappa shape index (κ2) is 5.54. The molecular formula is C16H12BrClN2O. The zero-order chi connectivity index (χ0) is 15.0. The second-order valence-electron chi connectivity index (χ2n) is 4.82. The van der Waals surface area contributed by atoms with Gasteiger partial charge in [0.1, 0.15) is 0 Å². The number of hydrogen-bond acceptors (Lipinski definition) is 1. The van der Waals surface area contributed by atoms with Gasteiger partial charge in [-0.15, -0.1) is 0 Å². The van der Waals surface area contributed by atoms with E-state index in [0.29, 0.717) is 17.1 Å². The summed E-state index contributed by atoms with van der Waals surface area (Å²) in [6.07, 6.45) is 2.02. The lowest BCUT2D eigenvalue weighted by atomic mass is 10.1. The summed E-state index contributed by atoms with van der Waals surface area (Å²) < 4.78 is 3.17. The van der Waals surface area contributed by atoms with E-state index in [0.717, 1.165) is 20.9 Å². The number of amides is 1. The van der Waals surface area contributed by atoms with Crippen molar-refractivity contribution in [3.63, 3.8) is 0 Å². The Balaban J connectivity index is 1.97. The largest absolute Gasteiger partial charge is 0.366 e. The van der Waals surface area contributed by atoms with E-state index in [1.807, 2.05) is 18.3 Å². The number of nitrogens with zero attached hydrogens (tertiary/aromatic N) is 1. The molecule has 2 aromatic carbocycles. The molecule has 0 fully saturated rings. The molecule has 3 rings (SSSR count). The van der Waals surface area contributed by atoms with Crippen LogP contribution in [0.5, 0.6) is 0 Å². The molecular weight excluding hydrogens is 352 g/mol. The van der Waals surface area contributed by atoms with Crippen LogP contribution in [0.2, 0.25) is 5.02 Å². The molecule has 0 radical (unpaired) electrons. The zero-order valence-electron chi connectivity index (χ0n) is 11.0. The minimum absolute atomic E-state index is 0.421. The predicted octanol–water partition coefficient (Wildman–Crippen LogP) is 4.20. The predicted molar refractivity (Wildman–Crippen MR) is 88.7 cm³/mol. The number of aromatic nitrogens is 1. The minimum Gasteiger partial charge on any atom is -0.366 e. The Morgan fingerprint density at radius 1 is 1.19 bits per heavy atom. The molecule has 21 heavy (non-hydrogen) atoms. The summed E-state index contributed by atoms with van der Waals surface area (Å²) in [5.41, 5.74) is 7.75. The third kappa shape index (κ3) is 2.82. The normalized spacial score (nSPS) is 11.0. The summed E-state index contributed by atoms with van der Waals surface area (Å²) in [5, 5.41) is 1.71. The van der Waals surface area contributed by atoms with Crippen molar-refractivity contribution in [3.8, 4) is 0 Å². The highest BCUT2D eigenvalue weighted by Gasteiger charge is 2.08. The summed E-state index contributed by atoms with van der Waals surface area (Å²) in [7, 11) is 0. The first-order chi connectivity index (χ1) is 10.0. The molecule has 0 aliphatic rings.